The van der Waals surface area contributed by atoms with Gasteiger partial charge in [0.2, 0.25) is 0 Å². The Morgan fingerprint density at radius 1 is 1.40 bits per heavy atom. The Kier molecular flexibility index (Phi) is 3.96. The number of hydrogen-bond acceptors (Lipinski definition) is 4. The van der Waals surface area contributed by atoms with E-state index in [4.69, 9.17) is 15.1 Å². The lowest BCUT2D eigenvalue weighted by Gasteiger charge is -2.09. The summed E-state index contributed by atoms with van der Waals surface area (Å²) in [6, 6.07) is 8.82. The molecule has 0 amide bonds. The fraction of sp³-hybridized carbons (Fsp3) is 0.133. The number of aromatic carboxylic acids is 1. The van der Waals surface area contributed by atoms with Gasteiger partial charge >= 0.3 is 5.97 Å². The van der Waals surface area contributed by atoms with E-state index in [1.165, 1.54) is 18.5 Å². The van der Waals surface area contributed by atoms with Crippen molar-refractivity contribution >= 4 is 5.97 Å². The number of pyridine rings is 1. The molecule has 0 aliphatic heterocycles. The zero-order valence-corrected chi connectivity index (χ0v) is 10.8. The summed E-state index contributed by atoms with van der Waals surface area (Å²) in [4.78, 5) is 14.6. The molecule has 100 valence electrons. The number of ether oxygens (including phenoxy) is 1. The topological polar surface area (TPSA) is 83.2 Å². The van der Waals surface area contributed by atoms with Gasteiger partial charge in [-0.3, -0.25) is 4.98 Å². The zero-order chi connectivity index (χ0) is 14.5. The molecule has 0 saturated heterocycles. The van der Waals surface area contributed by atoms with Crippen molar-refractivity contribution in [3.8, 4) is 11.8 Å². The largest absolute Gasteiger partial charge is 0.487 e. The second-order valence-electron chi connectivity index (χ2n) is 4.26. The van der Waals surface area contributed by atoms with Crippen LogP contribution in [0.2, 0.25) is 0 Å². The average molecular weight is 268 g/mol. The van der Waals surface area contributed by atoms with Crippen LogP contribution in [0.5, 0.6) is 5.75 Å². The Labute approximate surface area is 116 Å². The van der Waals surface area contributed by atoms with Gasteiger partial charge in [-0.25, -0.2) is 4.79 Å². The fourth-order valence-corrected chi connectivity index (χ4v) is 1.70. The molecule has 0 unspecified atom stereocenters. The molecule has 0 radical (unpaired) electrons. The zero-order valence-electron chi connectivity index (χ0n) is 10.8. The first kappa shape index (κ1) is 13.6. The van der Waals surface area contributed by atoms with Gasteiger partial charge < -0.3 is 9.84 Å². The predicted molar refractivity (Wildman–Crippen MR) is 71.4 cm³/mol. The Bertz CT molecular complexity index is 690. The highest BCUT2D eigenvalue weighted by molar-refractivity contribution is 5.87. The van der Waals surface area contributed by atoms with Crippen molar-refractivity contribution in [2.75, 3.05) is 0 Å². The summed E-state index contributed by atoms with van der Waals surface area (Å²) >= 11 is 0. The first-order chi connectivity index (χ1) is 9.60. The van der Waals surface area contributed by atoms with Crippen LogP contribution in [0.15, 0.2) is 36.7 Å². The van der Waals surface area contributed by atoms with Gasteiger partial charge in [-0.15, -0.1) is 0 Å². The molecule has 1 aromatic heterocycles. The number of carboxylic acids is 1. The summed E-state index contributed by atoms with van der Waals surface area (Å²) in [5, 5.41) is 17.7. The van der Waals surface area contributed by atoms with Crippen LogP contribution in [-0.2, 0) is 6.61 Å². The summed E-state index contributed by atoms with van der Waals surface area (Å²) in [6.07, 6.45) is 2.73. The third kappa shape index (κ3) is 3.12. The number of nitriles is 1. The van der Waals surface area contributed by atoms with Gasteiger partial charge in [0.15, 0.2) is 0 Å². The average Bonchev–Trinajstić information content (AvgIpc) is 2.46. The standard InChI is InChI=1S/C15H12N2O3/c1-10-4-11(6-16)2-3-12(10)9-20-14-5-13(15(18)19)7-17-8-14/h2-5,7-8H,9H2,1H3,(H,18,19). The van der Waals surface area contributed by atoms with Crippen LogP contribution in [0, 0.1) is 18.3 Å². The number of aromatic nitrogens is 1. The summed E-state index contributed by atoms with van der Waals surface area (Å²) in [5.74, 6) is -0.647. The van der Waals surface area contributed by atoms with Gasteiger partial charge in [0.25, 0.3) is 0 Å². The summed E-state index contributed by atoms with van der Waals surface area (Å²) in [6.45, 7) is 2.19. The molecule has 2 aromatic rings. The molecule has 2 rings (SSSR count). The molecule has 1 N–H and O–H groups in total. The number of nitrogens with zero attached hydrogens (tertiary/aromatic N) is 2. The lowest BCUT2D eigenvalue weighted by Crippen LogP contribution is -2.01. The normalized spacial score (nSPS) is 9.80. The van der Waals surface area contributed by atoms with E-state index in [0.717, 1.165) is 11.1 Å². The summed E-state index contributed by atoms with van der Waals surface area (Å²) < 4.78 is 5.53. The molecular formula is C15H12N2O3. The van der Waals surface area contributed by atoms with E-state index in [9.17, 15) is 4.79 Å². The van der Waals surface area contributed by atoms with E-state index in [1.54, 1.807) is 12.1 Å². The molecule has 0 spiro atoms. The maximum Gasteiger partial charge on any atom is 0.337 e. The van der Waals surface area contributed by atoms with Crippen molar-refractivity contribution in [1.29, 1.82) is 5.26 Å². The van der Waals surface area contributed by atoms with Gasteiger partial charge in [-0.1, -0.05) is 6.07 Å². The van der Waals surface area contributed by atoms with Gasteiger partial charge in [-0.2, -0.15) is 5.26 Å². The number of carbonyl (C=O) groups is 1. The van der Waals surface area contributed by atoms with Gasteiger partial charge in [0.05, 0.1) is 23.4 Å². The molecule has 5 nitrogen and oxygen atoms in total. The molecule has 1 aromatic carbocycles. The molecule has 0 fully saturated rings. The molecule has 0 saturated carbocycles. The Hall–Kier alpha value is -2.87. The van der Waals surface area contributed by atoms with Crippen LogP contribution in [0.1, 0.15) is 27.0 Å². The minimum absolute atomic E-state index is 0.0825. The maximum absolute atomic E-state index is 10.8. The van der Waals surface area contributed by atoms with E-state index in [2.05, 4.69) is 11.1 Å². The number of benzene rings is 1. The summed E-state index contributed by atoms with van der Waals surface area (Å²) in [5.41, 5.74) is 2.57. The van der Waals surface area contributed by atoms with Crippen LogP contribution < -0.4 is 4.74 Å². The highest BCUT2D eigenvalue weighted by atomic mass is 16.5. The van der Waals surface area contributed by atoms with Crippen molar-refractivity contribution in [1.82, 2.24) is 4.98 Å². The van der Waals surface area contributed by atoms with E-state index in [-0.39, 0.29) is 5.56 Å². The van der Waals surface area contributed by atoms with Crippen LogP contribution in [0.3, 0.4) is 0 Å². The minimum Gasteiger partial charge on any atom is -0.487 e. The highest BCUT2D eigenvalue weighted by Gasteiger charge is 2.06. The van der Waals surface area contributed by atoms with Crippen LogP contribution >= 0.6 is 0 Å². The second kappa shape index (κ2) is 5.85. The quantitative estimate of drug-likeness (QED) is 0.921. The van der Waals surface area contributed by atoms with E-state index in [0.29, 0.717) is 17.9 Å². The smallest absolute Gasteiger partial charge is 0.337 e. The number of carboxylic acid groups (broad SMARTS) is 1. The van der Waals surface area contributed by atoms with Gasteiger partial charge in [-0.05, 0) is 36.2 Å². The first-order valence-electron chi connectivity index (χ1n) is 5.91. The molecule has 0 bridgehead atoms. The molecule has 5 heteroatoms. The predicted octanol–water partition coefficient (Wildman–Crippen LogP) is 2.54. The lowest BCUT2D eigenvalue weighted by atomic mass is 10.1. The van der Waals surface area contributed by atoms with Crippen molar-refractivity contribution in [3.63, 3.8) is 0 Å². The molecule has 0 atom stereocenters. The van der Waals surface area contributed by atoms with Crippen LogP contribution in [-0.4, -0.2) is 16.1 Å². The molecular weight excluding hydrogens is 256 g/mol. The molecule has 0 aliphatic carbocycles. The number of hydrogen-bond donors (Lipinski definition) is 1. The third-order valence-corrected chi connectivity index (χ3v) is 2.83. The monoisotopic (exact) mass is 268 g/mol. The van der Waals surface area contributed by atoms with E-state index < -0.39 is 5.97 Å². The van der Waals surface area contributed by atoms with Crippen molar-refractivity contribution < 1.29 is 14.6 Å². The Morgan fingerprint density at radius 2 is 2.20 bits per heavy atom. The minimum atomic E-state index is -1.04. The van der Waals surface area contributed by atoms with Crippen LogP contribution in [0.25, 0.3) is 0 Å². The first-order valence-corrected chi connectivity index (χ1v) is 5.91. The SMILES string of the molecule is Cc1cc(C#N)ccc1COc1cncc(C(=O)O)c1. The highest BCUT2D eigenvalue weighted by Crippen LogP contribution is 2.16. The molecule has 20 heavy (non-hydrogen) atoms. The number of aryl methyl sites for hydroxylation is 1. The summed E-state index contributed by atoms with van der Waals surface area (Å²) in [7, 11) is 0. The van der Waals surface area contributed by atoms with E-state index >= 15 is 0 Å². The van der Waals surface area contributed by atoms with Crippen molar-refractivity contribution in [3.05, 3.63) is 58.9 Å². The number of rotatable bonds is 4. The van der Waals surface area contributed by atoms with E-state index in [1.807, 2.05) is 13.0 Å². The van der Waals surface area contributed by atoms with Crippen molar-refractivity contribution in [2.24, 2.45) is 0 Å². The maximum atomic E-state index is 10.8. The van der Waals surface area contributed by atoms with Gasteiger partial charge in [0, 0.05) is 6.20 Å². The van der Waals surface area contributed by atoms with Gasteiger partial charge in [0.1, 0.15) is 12.4 Å². The molecule has 0 aliphatic rings. The van der Waals surface area contributed by atoms with Crippen LogP contribution in [0.4, 0.5) is 0 Å². The molecule has 1 heterocycles. The Balaban J connectivity index is 2.11. The second-order valence-corrected chi connectivity index (χ2v) is 4.26. The Morgan fingerprint density at radius 3 is 2.85 bits per heavy atom. The lowest BCUT2D eigenvalue weighted by molar-refractivity contribution is 0.0696. The fourth-order valence-electron chi connectivity index (χ4n) is 1.70. The third-order valence-electron chi connectivity index (χ3n) is 2.83. The van der Waals surface area contributed by atoms with Crippen molar-refractivity contribution in [2.45, 2.75) is 13.5 Å².